The molecule has 0 amide bonds. The highest BCUT2D eigenvalue weighted by atomic mass is 32.2. The molecule has 1 aliphatic heterocycles. The van der Waals surface area contributed by atoms with Gasteiger partial charge in [-0.2, -0.15) is 9.40 Å². The number of hydrogen-bond acceptors (Lipinski definition) is 4. The van der Waals surface area contributed by atoms with Crippen molar-refractivity contribution in [2.24, 2.45) is 0 Å². The van der Waals surface area contributed by atoms with Gasteiger partial charge in [0.25, 0.3) is 10.0 Å². The number of carbonyl (C=O) groups excluding carboxylic acids is 1. The fourth-order valence-corrected chi connectivity index (χ4v) is 3.41. The smallest absolute Gasteiger partial charge is 0.260 e. The number of nitrogens with one attached hydrogen (secondary N) is 1. The molecule has 1 aromatic heterocycles. The van der Waals surface area contributed by atoms with Crippen LogP contribution in [-0.4, -0.2) is 41.8 Å². The molecule has 0 aromatic carbocycles. The second-order valence-electron chi connectivity index (χ2n) is 3.74. The topological polar surface area (TPSA) is 83.1 Å². The summed E-state index contributed by atoms with van der Waals surface area (Å²) in [4.78, 5) is 10.9. The summed E-state index contributed by atoms with van der Waals surface area (Å²) in [6.45, 7) is 0.394. The van der Waals surface area contributed by atoms with Gasteiger partial charge in [-0.15, -0.1) is 0 Å². The van der Waals surface area contributed by atoms with Crippen LogP contribution in [0.3, 0.4) is 0 Å². The summed E-state index contributed by atoms with van der Waals surface area (Å²) < 4.78 is 25.5. The molecule has 0 radical (unpaired) electrons. The minimum atomic E-state index is -3.60. The van der Waals surface area contributed by atoms with Crippen molar-refractivity contribution in [3.63, 3.8) is 0 Å². The number of aromatic amines is 1. The maximum atomic E-state index is 12.1. The van der Waals surface area contributed by atoms with Crippen LogP contribution in [0.2, 0.25) is 0 Å². The number of hydrogen-bond donors (Lipinski definition) is 1. The van der Waals surface area contributed by atoms with Crippen molar-refractivity contribution in [2.75, 3.05) is 6.54 Å². The van der Waals surface area contributed by atoms with Crippen molar-refractivity contribution in [2.45, 2.75) is 30.3 Å². The maximum Gasteiger partial charge on any atom is 0.260 e. The first kappa shape index (κ1) is 11.3. The molecule has 0 aliphatic carbocycles. The van der Waals surface area contributed by atoms with Crippen LogP contribution in [-0.2, 0) is 14.8 Å². The van der Waals surface area contributed by atoms with E-state index in [4.69, 9.17) is 0 Å². The first-order valence-electron chi connectivity index (χ1n) is 5.13. The van der Waals surface area contributed by atoms with Crippen molar-refractivity contribution in [1.29, 1.82) is 0 Å². The summed E-state index contributed by atoms with van der Waals surface area (Å²) >= 11 is 0. The lowest BCUT2D eigenvalue weighted by molar-refractivity contribution is -0.111. The van der Waals surface area contributed by atoms with Crippen molar-refractivity contribution < 1.29 is 13.2 Å². The van der Waals surface area contributed by atoms with Gasteiger partial charge >= 0.3 is 0 Å². The molecule has 88 valence electrons. The van der Waals surface area contributed by atoms with E-state index in [1.165, 1.54) is 16.6 Å². The fraction of sp³-hybridized carbons (Fsp3) is 0.556. The molecule has 1 atom stereocenters. The Labute approximate surface area is 93.7 Å². The Morgan fingerprint density at radius 1 is 1.50 bits per heavy atom. The fourth-order valence-electron chi connectivity index (χ4n) is 1.88. The minimum absolute atomic E-state index is 0.0428. The second kappa shape index (κ2) is 4.34. The molecule has 1 fully saturated rings. The zero-order valence-electron chi connectivity index (χ0n) is 8.67. The number of aldehydes is 1. The quantitative estimate of drug-likeness (QED) is 0.766. The van der Waals surface area contributed by atoms with Crippen molar-refractivity contribution in [3.8, 4) is 0 Å². The average Bonchev–Trinajstić information content (AvgIpc) is 2.83. The summed E-state index contributed by atoms with van der Waals surface area (Å²) in [5.41, 5.74) is 0. The van der Waals surface area contributed by atoms with Gasteiger partial charge in [0.05, 0.1) is 12.2 Å². The number of H-pyrrole nitrogens is 1. The first-order chi connectivity index (χ1) is 7.66. The summed E-state index contributed by atoms with van der Waals surface area (Å²) in [5.74, 6) is 0. The van der Waals surface area contributed by atoms with E-state index in [-0.39, 0.29) is 5.03 Å². The van der Waals surface area contributed by atoms with Crippen LogP contribution in [0, 0.1) is 0 Å². The van der Waals surface area contributed by atoms with E-state index in [2.05, 4.69) is 10.2 Å². The van der Waals surface area contributed by atoms with Crippen molar-refractivity contribution in [1.82, 2.24) is 14.5 Å². The Hall–Kier alpha value is -1.21. The molecular formula is C9H13N3O3S. The molecule has 1 unspecified atom stereocenters. The van der Waals surface area contributed by atoms with Crippen LogP contribution < -0.4 is 0 Å². The molecular weight excluding hydrogens is 230 g/mol. The van der Waals surface area contributed by atoms with E-state index in [1.54, 1.807) is 0 Å². The van der Waals surface area contributed by atoms with Crippen molar-refractivity contribution >= 4 is 16.3 Å². The Morgan fingerprint density at radius 2 is 2.31 bits per heavy atom. The Kier molecular flexibility index (Phi) is 3.06. The lowest BCUT2D eigenvalue weighted by atomic mass is 10.1. The zero-order chi connectivity index (χ0) is 11.6. The van der Waals surface area contributed by atoms with Gasteiger partial charge in [-0.3, -0.25) is 5.10 Å². The van der Waals surface area contributed by atoms with Gasteiger partial charge in [0.1, 0.15) is 6.29 Å². The molecule has 2 rings (SSSR count). The summed E-state index contributed by atoms with van der Waals surface area (Å²) in [7, 11) is -3.60. The van der Waals surface area contributed by atoms with Gasteiger partial charge in [-0.05, 0) is 18.9 Å². The van der Waals surface area contributed by atoms with Gasteiger partial charge in [-0.1, -0.05) is 6.42 Å². The highest BCUT2D eigenvalue weighted by Crippen LogP contribution is 2.22. The van der Waals surface area contributed by atoms with Gasteiger partial charge in [-0.25, -0.2) is 8.42 Å². The molecule has 1 aromatic rings. The van der Waals surface area contributed by atoms with Crippen LogP contribution in [0.4, 0.5) is 0 Å². The molecule has 2 heterocycles. The number of rotatable bonds is 3. The highest BCUT2D eigenvalue weighted by Gasteiger charge is 2.33. The minimum Gasteiger partial charge on any atom is -0.302 e. The molecule has 1 saturated heterocycles. The van der Waals surface area contributed by atoms with E-state index in [1.807, 2.05) is 0 Å². The maximum absolute atomic E-state index is 12.1. The Bertz CT molecular complexity index is 454. The van der Waals surface area contributed by atoms with Crippen LogP contribution in [0.5, 0.6) is 0 Å². The van der Waals surface area contributed by atoms with Crippen LogP contribution in [0.15, 0.2) is 17.3 Å². The molecule has 6 nitrogen and oxygen atoms in total. The second-order valence-corrected chi connectivity index (χ2v) is 5.59. The molecule has 0 spiro atoms. The number of aromatic nitrogens is 2. The van der Waals surface area contributed by atoms with E-state index in [9.17, 15) is 13.2 Å². The van der Waals surface area contributed by atoms with Crippen molar-refractivity contribution in [3.05, 3.63) is 12.3 Å². The number of sulfonamides is 1. The zero-order valence-corrected chi connectivity index (χ0v) is 9.48. The van der Waals surface area contributed by atoms with Crippen LogP contribution in [0.25, 0.3) is 0 Å². The lowest BCUT2D eigenvalue weighted by Crippen LogP contribution is -2.44. The SMILES string of the molecule is O=CC1CCCCN1S(=O)(=O)c1ccn[nH]1. The normalized spacial score (nSPS) is 23.1. The van der Waals surface area contributed by atoms with Crippen LogP contribution >= 0.6 is 0 Å². The summed E-state index contributed by atoms with van der Waals surface area (Å²) in [6.07, 6.45) is 4.35. The monoisotopic (exact) mass is 243 g/mol. The molecule has 1 N–H and O–H groups in total. The molecule has 1 aliphatic rings. The van der Waals surface area contributed by atoms with Gasteiger partial charge in [0, 0.05) is 6.54 Å². The van der Waals surface area contributed by atoms with Gasteiger partial charge in [0.2, 0.25) is 0 Å². The highest BCUT2D eigenvalue weighted by molar-refractivity contribution is 7.89. The third kappa shape index (κ3) is 1.88. The van der Waals surface area contributed by atoms with E-state index in [0.29, 0.717) is 19.3 Å². The average molecular weight is 243 g/mol. The predicted octanol–water partition coefficient (Wildman–Crippen LogP) is 0.152. The number of nitrogens with zero attached hydrogens (tertiary/aromatic N) is 2. The molecule has 0 bridgehead atoms. The van der Waals surface area contributed by atoms with E-state index >= 15 is 0 Å². The largest absolute Gasteiger partial charge is 0.302 e. The number of piperidine rings is 1. The molecule has 16 heavy (non-hydrogen) atoms. The first-order valence-corrected chi connectivity index (χ1v) is 6.57. The standard InChI is InChI=1S/C9H13N3O3S/c13-7-8-3-1-2-6-12(8)16(14,15)9-4-5-10-11-9/h4-5,7-8H,1-3,6H2,(H,10,11). The Balaban J connectivity index is 2.32. The third-order valence-corrected chi connectivity index (χ3v) is 4.57. The molecule has 0 saturated carbocycles. The predicted molar refractivity (Wildman–Crippen MR) is 56.2 cm³/mol. The van der Waals surface area contributed by atoms with Gasteiger partial charge < -0.3 is 4.79 Å². The summed E-state index contributed by atoms with van der Waals surface area (Å²) in [5, 5.41) is 6.08. The van der Waals surface area contributed by atoms with E-state index < -0.39 is 16.1 Å². The van der Waals surface area contributed by atoms with Gasteiger partial charge in [0.15, 0.2) is 5.03 Å². The third-order valence-electron chi connectivity index (χ3n) is 2.72. The summed E-state index contributed by atoms with van der Waals surface area (Å²) in [6, 6.07) is 0.855. The molecule has 7 heteroatoms. The number of carbonyl (C=O) groups is 1. The Morgan fingerprint density at radius 3 is 2.94 bits per heavy atom. The lowest BCUT2D eigenvalue weighted by Gasteiger charge is -2.30. The van der Waals surface area contributed by atoms with Crippen LogP contribution in [0.1, 0.15) is 19.3 Å². The van der Waals surface area contributed by atoms with E-state index in [0.717, 1.165) is 12.8 Å².